The first-order chi connectivity index (χ1) is 9.77. The van der Waals surface area contributed by atoms with Crippen LogP contribution in [0.5, 0.6) is 0 Å². The van der Waals surface area contributed by atoms with Gasteiger partial charge in [0.05, 0.1) is 11.6 Å². The van der Waals surface area contributed by atoms with Gasteiger partial charge in [0.25, 0.3) is 0 Å². The monoisotopic (exact) mass is 280 g/mol. The van der Waals surface area contributed by atoms with E-state index in [2.05, 4.69) is 32.1 Å². The first kappa shape index (κ1) is 18.3. The highest BCUT2D eigenvalue weighted by Gasteiger charge is 2.03. The fourth-order valence-corrected chi connectivity index (χ4v) is 1.66. The molecule has 1 fully saturated rings. The third kappa shape index (κ3) is 5.97. The van der Waals surface area contributed by atoms with Gasteiger partial charge in [0, 0.05) is 0 Å². The van der Waals surface area contributed by atoms with Crippen molar-refractivity contribution in [2.24, 2.45) is 0 Å². The van der Waals surface area contributed by atoms with E-state index in [0.29, 0.717) is 11.5 Å². The second-order valence-electron chi connectivity index (χ2n) is 3.90. The first-order valence-corrected chi connectivity index (χ1v) is 7.35. The molecular weight excluding hydrogens is 252 g/mol. The molecule has 3 heterocycles. The fourth-order valence-electron chi connectivity index (χ4n) is 1.66. The van der Waals surface area contributed by atoms with Crippen LogP contribution in [0.15, 0.2) is 12.5 Å². The number of anilines is 1. The zero-order valence-corrected chi connectivity index (χ0v) is 13.3. The summed E-state index contributed by atoms with van der Waals surface area (Å²) in [5, 5.41) is 7.20. The number of nitrogens with zero attached hydrogens (tertiary/aromatic N) is 4. The number of aromatic amines is 1. The quantitative estimate of drug-likeness (QED) is 0.775. The van der Waals surface area contributed by atoms with Gasteiger partial charge >= 0.3 is 0 Å². The van der Waals surface area contributed by atoms with E-state index in [1.54, 1.807) is 6.20 Å². The largest absolute Gasteiger partial charge is 0.383 e. The summed E-state index contributed by atoms with van der Waals surface area (Å²) in [5.41, 5.74) is 6.16. The molecule has 20 heavy (non-hydrogen) atoms. The predicted octanol–water partition coefficient (Wildman–Crippen LogP) is 2.70. The lowest BCUT2D eigenvalue weighted by molar-refractivity contribution is 0.418. The molecule has 1 aliphatic heterocycles. The van der Waals surface area contributed by atoms with Gasteiger partial charge in [-0.1, -0.05) is 27.7 Å². The molecular formula is C14H28N6. The normalized spacial score (nSPS) is 13.4. The lowest BCUT2D eigenvalue weighted by atomic mass is 10.4. The zero-order valence-electron chi connectivity index (χ0n) is 13.3. The Morgan fingerprint density at radius 1 is 1.10 bits per heavy atom. The Balaban J connectivity index is 0.000000312. The molecule has 0 aliphatic carbocycles. The van der Waals surface area contributed by atoms with Crippen molar-refractivity contribution in [3.8, 4) is 0 Å². The maximum atomic E-state index is 5.49. The van der Waals surface area contributed by atoms with E-state index in [0.717, 1.165) is 5.39 Å². The Morgan fingerprint density at radius 2 is 1.70 bits per heavy atom. The number of hydrogen-bond acceptors (Lipinski definition) is 5. The van der Waals surface area contributed by atoms with Crippen LogP contribution in [0.4, 0.5) is 5.82 Å². The van der Waals surface area contributed by atoms with Gasteiger partial charge in [0.2, 0.25) is 0 Å². The number of likely N-dealkylation sites (tertiary alicyclic amines) is 1. The Kier molecular flexibility index (Phi) is 10.2. The van der Waals surface area contributed by atoms with E-state index in [4.69, 9.17) is 5.73 Å². The molecule has 2 aromatic heterocycles. The lowest BCUT2D eigenvalue weighted by Gasteiger charge is -2.01. The second kappa shape index (κ2) is 11.2. The number of nitrogens with two attached hydrogens (primary N) is 1. The summed E-state index contributed by atoms with van der Waals surface area (Å²) in [7, 11) is 2.17. The number of nitrogens with one attached hydrogen (secondary N) is 1. The highest BCUT2D eigenvalue weighted by atomic mass is 15.1. The van der Waals surface area contributed by atoms with Gasteiger partial charge < -0.3 is 10.6 Å². The molecule has 6 heteroatoms. The first-order valence-electron chi connectivity index (χ1n) is 7.35. The molecule has 0 amide bonds. The van der Waals surface area contributed by atoms with Crippen molar-refractivity contribution >= 4 is 16.9 Å². The smallest absolute Gasteiger partial charge is 0.160 e. The highest BCUT2D eigenvalue weighted by Crippen LogP contribution is 2.11. The summed E-state index contributed by atoms with van der Waals surface area (Å²) >= 11 is 0. The number of aromatic nitrogens is 4. The minimum absolute atomic E-state index is 0.457. The van der Waals surface area contributed by atoms with Gasteiger partial charge in [-0.2, -0.15) is 5.10 Å². The van der Waals surface area contributed by atoms with Crippen LogP contribution in [0.1, 0.15) is 40.5 Å². The molecule has 0 atom stereocenters. The van der Waals surface area contributed by atoms with Crippen LogP contribution in [-0.4, -0.2) is 45.2 Å². The van der Waals surface area contributed by atoms with Crippen molar-refractivity contribution in [1.29, 1.82) is 0 Å². The molecule has 1 aliphatic rings. The van der Waals surface area contributed by atoms with Crippen LogP contribution < -0.4 is 5.73 Å². The average molecular weight is 280 g/mol. The van der Waals surface area contributed by atoms with Crippen LogP contribution in [-0.2, 0) is 0 Å². The highest BCUT2D eigenvalue weighted by molar-refractivity contribution is 5.83. The van der Waals surface area contributed by atoms with E-state index in [9.17, 15) is 0 Å². The van der Waals surface area contributed by atoms with Crippen LogP contribution >= 0.6 is 0 Å². The minimum Gasteiger partial charge on any atom is -0.383 e. The summed E-state index contributed by atoms with van der Waals surface area (Å²) in [4.78, 5) is 10.0. The van der Waals surface area contributed by atoms with Crippen molar-refractivity contribution in [2.45, 2.75) is 40.5 Å². The van der Waals surface area contributed by atoms with E-state index in [-0.39, 0.29) is 0 Å². The Bertz CT molecular complexity index is 448. The van der Waals surface area contributed by atoms with Crippen molar-refractivity contribution in [3.05, 3.63) is 12.5 Å². The van der Waals surface area contributed by atoms with E-state index in [1.807, 2.05) is 27.7 Å². The number of hydrogen-bond donors (Lipinski definition) is 2. The molecule has 0 spiro atoms. The van der Waals surface area contributed by atoms with Crippen molar-refractivity contribution < 1.29 is 0 Å². The van der Waals surface area contributed by atoms with Crippen LogP contribution in [0, 0.1) is 0 Å². The average Bonchev–Trinajstić information content (AvgIpc) is 3.16. The van der Waals surface area contributed by atoms with Gasteiger partial charge in [-0.3, -0.25) is 5.10 Å². The number of nitrogen functional groups attached to an aromatic ring is 1. The van der Waals surface area contributed by atoms with E-state index < -0.39 is 0 Å². The molecule has 2 aromatic rings. The molecule has 3 N–H and O–H groups in total. The summed E-state index contributed by atoms with van der Waals surface area (Å²) in [6.07, 6.45) is 5.83. The Morgan fingerprint density at radius 3 is 2.15 bits per heavy atom. The second-order valence-corrected chi connectivity index (χ2v) is 3.90. The third-order valence-corrected chi connectivity index (χ3v) is 2.61. The molecule has 0 aromatic carbocycles. The molecule has 3 rings (SSSR count). The summed E-state index contributed by atoms with van der Waals surface area (Å²) in [5.74, 6) is 0.457. The zero-order chi connectivity index (χ0) is 15.4. The Hall–Kier alpha value is -1.69. The third-order valence-electron chi connectivity index (χ3n) is 2.61. The molecule has 0 saturated carbocycles. The molecule has 114 valence electrons. The van der Waals surface area contributed by atoms with Gasteiger partial charge in [-0.05, 0) is 33.0 Å². The van der Waals surface area contributed by atoms with E-state index >= 15 is 0 Å². The molecule has 0 radical (unpaired) electrons. The molecule has 0 bridgehead atoms. The fraction of sp³-hybridized carbons (Fsp3) is 0.643. The Labute approximate surface area is 121 Å². The lowest BCUT2D eigenvalue weighted by Crippen LogP contribution is -2.10. The van der Waals surface area contributed by atoms with Gasteiger partial charge in [0.1, 0.15) is 12.1 Å². The van der Waals surface area contributed by atoms with Crippen LogP contribution in [0.3, 0.4) is 0 Å². The van der Waals surface area contributed by atoms with Gasteiger partial charge in [-0.15, -0.1) is 0 Å². The number of fused-ring (bicyclic) bond motifs is 1. The van der Waals surface area contributed by atoms with E-state index in [1.165, 1.54) is 32.3 Å². The SMILES string of the molecule is CC.CC.CN1CCCC1.Nc1ncnc2[nH]ncc12. The van der Waals surface area contributed by atoms with Crippen molar-refractivity contribution in [3.63, 3.8) is 0 Å². The standard InChI is InChI=1S/C5H5N5.C5H11N.2C2H6/c6-4-3-1-9-10-5(3)8-2-7-4;1-6-4-2-3-5-6;2*1-2/h1-2H,(H3,6,7,8,9,10);2-5H2,1H3;2*1-2H3. The molecule has 1 saturated heterocycles. The minimum atomic E-state index is 0.457. The summed E-state index contributed by atoms with van der Waals surface area (Å²) in [6, 6.07) is 0. The predicted molar refractivity (Wildman–Crippen MR) is 85.5 cm³/mol. The van der Waals surface area contributed by atoms with Crippen LogP contribution in [0.2, 0.25) is 0 Å². The molecule has 6 nitrogen and oxygen atoms in total. The number of rotatable bonds is 0. The maximum absolute atomic E-state index is 5.49. The maximum Gasteiger partial charge on any atom is 0.160 e. The number of H-pyrrole nitrogens is 1. The molecule has 0 unspecified atom stereocenters. The van der Waals surface area contributed by atoms with Crippen LogP contribution in [0.25, 0.3) is 11.0 Å². The summed E-state index contributed by atoms with van der Waals surface area (Å²) < 4.78 is 0. The summed E-state index contributed by atoms with van der Waals surface area (Å²) in [6.45, 7) is 10.6. The van der Waals surface area contributed by atoms with Gasteiger partial charge in [0.15, 0.2) is 5.65 Å². The van der Waals surface area contributed by atoms with Crippen molar-refractivity contribution in [2.75, 3.05) is 25.9 Å². The topological polar surface area (TPSA) is 83.7 Å². The van der Waals surface area contributed by atoms with Crippen molar-refractivity contribution in [1.82, 2.24) is 25.1 Å². The van der Waals surface area contributed by atoms with Gasteiger partial charge in [-0.25, -0.2) is 9.97 Å².